The minimum Gasteiger partial charge on any atom is -0.492 e. The number of rotatable bonds is 9. The molecule has 0 atom stereocenters. The number of piperidine rings is 1. The van der Waals surface area contributed by atoms with Gasteiger partial charge in [0.15, 0.2) is 0 Å². The van der Waals surface area contributed by atoms with Gasteiger partial charge in [-0.3, -0.25) is 9.69 Å². The van der Waals surface area contributed by atoms with E-state index in [9.17, 15) is 13.2 Å². The van der Waals surface area contributed by atoms with Crippen molar-refractivity contribution in [1.29, 1.82) is 0 Å². The molecule has 0 bridgehead atoms. The lowest BCUT2D eigenvalue weighted by molar-refractivity contribution is -0.117. The molecule has 0 unspecified atom stereocenters. The Bertz CT molecular complexity index is 726. The molecule has 1 saturated heterocycles. The molecule has 27 heavy (non-hydrogen) atoms. The molecule has 1 aromatic carbocycles. The third-order valence-electron chi connectivity index (χ3n) is 4.74. The predicted molar refractivity (Wildman–Crippen MR) is 107 cm³/mol. The van der Waals surface area contributed by atoms with Gasteiger partial charge in [0.05, 0.1) is 23.7 Å². The van der Waals surface area contributed by atoms with Gasteiger partial charge < -0.3 is 10.1 Å². The van der Waals surface area contributed by atoms with Crippen molar-refractivity contribution in [3.8, 4) is 5.75 Å². The molecule has 8 heteroatoms. The number of ether oxygens (including phenoxy) is 1. The van der Waals surface area contributed by atoms with Gasteiger partial charge in [-0.1, -0.05) is 20.3 Å². The van der Waals surface area contributed by atoms with E-state index in [0.29, 0.717) is 31.1 Å². The van der Waals surface area contributed by atoms with E-state index in [1.54, 1.807) is 12.1 Å². The minimum absolute atomic E-state index is 0.186. The molecule has 1 aliphatic heterocycles. The molecular formula is C19H31N3O4S. The van der Waals surface area contributed by atoms with E-state index in [2.05, 4.69) is 5.32 Å². The summed E-state index contributed by atoms with van der Waals surface area (Å²) in [5.74, 6) is 0.287. The van der Waals surface area contributed by atoms with Crippen LogP contribution in [0.5, 0.6) is 5.75 Å². The number of carbonyl (C=O) groups is 1. The summed E-state index contributed by atoms with van der Waals surface area (Å²) in [5, 5.41) is 2.82. The zero-order valence-electron chi connectivity index (χ0n) is 16.5. The van der Waals surface area contributed by atoms with Gasteiger partial charge in [-0.2, -0.15) is 4.31 Å². The predicted octanol–water partition coefficient (Wildman–Crippen LogP) is 2.54. The Kier molecular flexibility index (Phi) is 8.07. The molecular weight excluding hydrogens is 366 g/mol. The van der Waals surface area contributed by atoms with Crippen LogP contribution in [0.15, 0.2) is 23.1 Å². The van der Waals surface area contributed by atoms with Crippen molar-refractivity contribution in [3.05, 3.63) is 18.2 Å². The van der Waals surface area contributed by atoms with Gasteiger partial charge in [-0.25, -0.2) is 8.42 Å². The smallest absolute Gasteiger partial charge is 0.243 e. The van der Waals surface area contributed by atoms with Crippen molar-refractivity contribution in [1.82, 2.24) is 9.21 Å². The quantitative estimate of drug-likeness (QED) is 0.693. The number of amides is 1. The lowest BCUT2D eigenvalue weighted by Gasteiger charge is -2.26. The van der Waals surface area contributed by atoms with Gasteiger partial charge in [0, 0.05) is 13.1 Å². The summed E-state index contributed by atoms with van der Waals surface area (Å²) in [6, 6.07) is 4.68. The highest BCUT2D eigenvalue weighted by Crippen LogP contribution is 2.30. The molecule has 0 aliphatic carbocycles. The van der Waals surface area contributed by atoms with Crippen LogP contribution in [0.3, 0.4) is 0 Å². The van der Waals surface area contributed by atoms with E-state index in [1.165, 1.54) is 10.4 Å². The Morgan fingerprint density at radius 3 is 2.41 bits per heavy atom. The number of hydrogen-bond donors (Lipinski definition) is 1. The van der Waals surface area contributed by atoms with Gasteiger partial charge in [-0.05, 0) is 51.1 Å². The normalized spacial score (nSPS) is 15.7. The Morgan fingerprint density at radius 2 is 1.81 bits per heavy atom. The average Bonchev–Trinajstić information content (AvgIpc) is 2.68. The number of likely N-dealkylation sites (N-methyl/N-ethyl adjacent to an activating group) is 1. The SMILES string of the molecule is CCOc1ccc(S(=O)(=O)N2CCCCC2)cc1NC(=O)CN(CC)CC. The second-order valence-corrected chi connectivity index (χ2v) is 8.50. The zero-order valence-corrected chi connectivity index (χ0v) is 17.3. The van der Waals surface area contributed by atoms with Gasteiger partial charge in [0.1, 0.15) is 5.75 Å². The molecule has 152 valence electrons. The highest BCUT2D eigenvalue weighted by molar-refractivity contribution is 7.89. The number of carbonyl (C=O) groups excluding carboxylic acids is 1. The highest BCUT2D eigenvalue weighted by Gasteiger charge is 2.27. The van der Waals surface area contributed by atoms with E-state index in [4.69, 9.17) is 4.74 Å². The van der Waals surface area contributed by atoms with Crippen molar-refractivity contribution in [2.45, 2.75) is 44.9 Å². The standard InChI is InChI=1S/C19H31N3O4S/c1-4-21(5-2)15-19(23)20-17-14-16(10-11-18(17)26-6-3)27(24,25)22-12-8-7-9-13-22/h10-11,14H,4-9,12-13,15H2,1-3H3,(H,20,23). The van der Waals surface area contributed by atoms with Crippen LogP contribution in [0.25, 0.3) is 0 Å². The molecule has 1 amide bonds. The fourth-order valence-electron chi connectivity index (χ4n) is 3.14. The summed E-state index contributed by atoms with van der Waals surface area (Å²) < 4.78 is 33.0. The van der Waals surface area contributed by atoms with E-state index in [0.717, 1.165) is 32.4 Å². The van der Waals surface area contributed by atoms with Crippen LogP contribution in [-0.2, 0) is 14.8 Å². The third kappa shape index (κ3) is 5.67. The third-order valence-corrected chi connectivity index (χ3v) is 6.63. The molecule has 1 aliphatic rings. The monoisotopic (exact) mass is 397 g/mol. The van der Waals surface area contributed by atoms with Crippen LogP contribution >= 0.6 is 0 Å². The van der Waals surface area contributed by atoms with Crippen molar-refractivity contribution in [2.24, 2.45) is 0 Å². The first-order valence-electron chi connectivity index (χ1n) is 9.71. The van der Waals surface area contributed by atoms with Crippen LogP contribution < -0.4 is 10.1 Å². The van der Waals surface area contributed by atoms with Crippen LogP contribution in [0.2, 0.25) is 0 Å². The second kappa shape index (κ2) is 10.1. The maximum atomic E-state index is 12.9. The molecule has 7 nitrogen and oxygen atoms in total. The first-order chi connectivity index (χ1) is 12.9. The number of nitrogens with zero attached hydrogens (tertiary/aromatic N) is 2. The van der Waals surface area contributed by atoms with Crippen LogP contribution in [0.1, 0.15) is 40.0 Å². The molecule has 1 fully saturated rings. The molecule has 0 radical (unpaired) electrons. The molecule has 1 N–H and O–H groups in total. The number of anilines is 1. The average molecular weight is 398 g/mol. The van der Waals surface area contributed by atoms with Gasteiger partial charge in [0.25, 0.3) is 0 Å². The summed E-state index contributed by atoms with van der Waals surface area (Å²) >= 11 is 0. The molecule has 0 saturated carbocycles. The van der Waals surface area contributed by atoms with E-state index < -0.39 is 10.0 Å². The summed E-state index contributed by atoms with van der Waals surface area (Å²) in [4.78, 5) is 14.6. The second-order valence-electron chi connectivity index (χ2n) is 6.57. The molecule has 0 aromatic heterocycles. The highest BCUT2D eigenvalue weighted by atomic mass is 32.2. The maximum absolute atomic E-state index is 12.9. The Labute approximate surface area is 162 Å². The first kappa shape index (κ1) is 21.7. The topological polar surface area (TPSA) is 79.0 Å². The number of sulfonamides is 1. The van der Waals surface area contributed by atoms with Crippen molar-refractivity contribution < 1.29 is 17.9 Å². The van der Waals surface area contributed by atoms with E-state index in [-0.39, 0.29) is 17.3 Å². The molecule has 0 spiro atoms. The number of nitrogens with one attached hydrogen (secondary N) is 1. The Hall–Kier alpha value is -1.64. The lowest BCUT2D eigenvalue weighted by atomic mass is 10.2. The van der Waals surface area contributed by atoms with Crippen LogP contribution in [0, 0.1) is 0 Å². The van der Waals surface area contributed by atoms with E-state index in [1.807, 2.05) is 25.7 Å². The fraction of sp³-hybridized carbons (Fsp3) is 0.632. The van der Waals surface area contributed by atoms with Crippen LogP contribution in [-0.4, -0.2) is 62.9 Å². The molecule has 1 heterocycles. The summed E-state index contributed by atoms with van der Waals surface area (Å²) in [6.07, 6.45) is 2.81. The van der Waals surface area contributed by atoms with E-state index >= 15 is 0 Å². The number of hydrogen-bond acceptors (Lipinski definition) is 5. The Morgan fingerprint density at radius 1 is 1.15 bits per heavy atom. The van der Waals surface area contributed by atoms with Crippen LogP contribution in [0.4, 0.5) is 5.69 Å². The van der Waals surface area contributed by atoms with Gasteiger partial charge in [0.2, 0.25) is 15.9 Å². The fourth-order valence-corrected chi connectivity index (χ4v) is 4.69. The summed E-state index contributed by atoms with van der Waals surface area (Å²) in [5.41, 5.74) is 0.395. The summed E-state index contributed by atoms with van der Waals surface area (Å²) in [6.45, 7) is 9.14. The zero-order chi connectivity index (χ0) is 19.9. The first-order valence-corrected chi connectivity index (χ1v) is 11.2. The summed E-state index contributed by atoms with van der Waals surface area (Å²) in [7, 11) is -3.57. The van der Waals surface area contributed by atoms with Crippen molar-refractivity contribution in [3.63, 3.8) is 0 Å². The van der Waals surface area contributed by atoms with Crippen molar-refractivity contribution in [2.75, 3.05) is 44.6 Å². The molecule has 2 rings (SSSR count). The number of benzene rings is 1. The van der Waals surface area contributed by atoms with Gasteiger partial charge >= 0.3 is 0 Å². The minimum atomic E-state index is -3.57. The Balaban J connectivity index is 2.26. The maximum Gasteiger partial charge on any atom is 0.243 e. The van der Waals surface area contributed by atoms with Crippen molar-refractivity contribution >= 4 is 21.6 Å². The molecule has 1 aromatic rings. The largest absolute Gasteiger partial charge is 0.492 e. The van der Waals surface area contributed by atoms with Gasteiger partial charge in [-0.15, -0.1) is 0 Å². The lowest BCUT2D eigenvalue weighted by Crippen LogP contribution is -2.35.